The summed E-state index contributed by atoms with van der Waals surface area (Å²) < 4.78 is 0. The van der Waals surface area contributed by atoms with Gasteiger partial charge in [-0.25, -0.2) is 0 Å². The van der Waals surface area contributed by atoms with Crippen molar-refractivity contribution < 1.29 is 14.9 Å². The van der Waals surface area contributed by atoms with Gasteiger partial charge >= 0.3 is 11.9 Å². The van der Waals surface area contributed by atoms with Gasteiger partial charge in [-0.2, -0.15) is 0 Å². The highest BCUT2D eigenvalue weighted by Gasteiger charge is 2.10. The lowest BCUT2D eigenvalue weighted by molar-refractivity contribution is -0.460. The minimum atomic E-state index is -0.962. The number of rotatable bonds is 7. The quantitative estimate of drug-likeness (QED) is 0.185. The first kappa shape index (κ1) is 13.7. The zero-order chi connectivity index (χ0) is 11.7. The molecule has 7 N–H and O–H groups in total. The number of nitrogens with two attached hydrogens (primary N) is 2. The summed E-state index contributed by atoms with van der Waals surface area (Å²) in [5.74, 6) is -0.434. The van der Waals surface area contributed by atoms with E-state index in [2.05, 4.69) is 10.3 Å². The minimum absolute atomic E-state index is 0.448. The highest BCUT2D eigenvalue weighted by atomic mass is 16.4. The third-order valence-electron chi connectivity index (χ3n) is 1.89. The van der Waals surface area contributed by atoms with Crippen molar-refractivity contribution in [2.75, 3.05) is 13.1 Å². The zero-order valence-electron chi connectivity index (χ0n) is 9.12. The van der Waals surface area contributed by atoms with Crippen molar-refractivity contribution in [2.24, 2.45) is 11.5 Å². The van der Waals surface area contributed by atoms with Gasteiger partial charge in [0.25, 0.3) is 0 Å². The molecule has 88 valence electrons. The van der Waals surface area contributed by atoms with E-state index in [1.807, 2.05) is 6.92 Å². The van der Waals surface area contributed by atoms with Crippen LogP contribution in [-0.2, 0) is 4.79 Å². The molecule has 0 rings (SSSR count). The Kier molecular flexibility index (Phi) is 7.35. The average Bonchev–Trinajstić information content (AvgIpc) is 2.20. The summed E-state index contributed by atoms with van der Waals surface area (Å²) in [6, 6.07) is -0.781. The van der Waals surface area contributed by atoms with E-state index < -0.39 is 12.0 Å². The largest absolute Gasteiger partial charge is 0.480 e. The van der Waals surface area contributed by atoms with Crippen LogP contribution < -0.4 is 21.8 Å². The first-order valence-corrected chi connectivity index (χ1v) is 5.16. The molecule has 0 heterocycles. The van der Waals surface area contributed by atoms with Crippen molar-refractivity contribution in [3.8, 4) is 0 Å². The average molecular weight is 217 g/mol. The summed E-state index contributed by atoms with van der Waals surface area (Å²) in [6.45, 7) is 3.50. The monoisotopic (exact) mass is 217 g/mol. The van der Waals surface area contributed by atoms with Gasteiger partial charge in [0.2, 0.25) is 0 Å². The summed E-state index contributed by atoms with van der Waals surface area (Å²) in [5, 5.41) is 11.5. The Morgan fingerprint density at radius 3 is 2.80 bits per heavy atom. The number of carboxylic acids is 1. The third kappa shape index (κ3) is 7.75. The van der Waals surface area contributed by atoms with E-state index in [1.165, 1.54) is 0 Å². The number of guanidine groups is 1. The first-order chi connectivity index (χ1) is 7.07. The maximum Gasteiger partial charge on any atom is 0.341 e. The molecule has 0 bridgehead atoms. The molecule has 6 heteroatoms. The lowest BCUT2D eigenvalue weighted by Gasteiger charge is -2.04. The molecule has 0 aliphatic rings. The zero-order valence-corrected chi connectivity index (χ0v) is 9.12. The van der Waals surface area contributed by atoms with Crippen LogP contribution in [0.3, 0.4) is 0 Å². The standard InChI is InChI=1S/C9H20N4O2/c1-2-5-12-9(11)13-6-3-4-7(10)8(14)15/h7H,2-6,10H2,1H3,(H,14,15)(H3,11,12,13)/p+1/t7-/m0/s1. The van der Waals surface area contributed by atoms with E-state index in [4.69, 9.17) is 16.6 Å². The Morgan fingerprint density at radius 1 is 1.60 bits per heavy atom. The normalized spacial score (nSPS) is 13.6. The lowest BCUT2D eigenvalue weighted by Crippen LogP contribution is -2.78. The van der Waals surface area contributed by atoms with Crippen LogP contribution >= 0.6 is 0 Å². The highest BCUT2D eigenvalue weighted by molar-refractivity contribution is 5.73. The van der Waals surface area contributed by atoms with Crippen molar-refractivity contribution in [1.29, 1.82) is 0 Å². The second-order valence-corrected chi connectivity index (χ2v) is 3.35. The molecule has 0 spiro atoms. The number of nitrogens with one attached hydrogen (secondary N) is 2. The molecule has 0 amide bonds. The molecule has 0 unspecified atom stereocenters. The molecule has 0 aromatic rings. The first-order valence-electron chi connectivity index (χ1n) is 5.16. The summed E-state index contributed by atoms with van der Waals surface area (Å²) in [4.78, 5) is 13.4. The number of carbonyl (C=O) groups is 1. The molecule has 6 nitrogen and oxygen atoms in total. The molecule has 0 aliphatic carbocycles. The fourth-order valence-corrected chi connectivity index (χ4v) is 0.991. The summed E-state index contributed by atoms with van der Waals surface area (Å²) >= 11 is 0. The summed E-state index contributed by atoms with van der Waals surface area (Å²) in [7, 11) is 0. The molecule has 15 heavy (non-hydrogen) atoms. The molecule has 0 radical (unpaired) electrons. The van der Waals surface area contributed by atoms with Gasteiger partial charge in [0.1, 0.15) is 6.04 Å². The number of hydrogen-bond acceptors (Lipinski definition) is 2. The van der Waals surface area contributed by atoms with Gasteiger partial charge in [0.15, 0.2) is 0 Å². The Bertz CT molecular complexity index is 218. The maximum absolute atomic E-state index is 10.4. The second-order valence-electron chi connectivity index (χ2n) is 3.35. The number of aliphatic carboxylic acids is 1. The van der Waals surface area contributed by atoms with Gasteiger partial charge in [0.05, 0.1) is 13.1 Å². The molecular weight excluding hydrogens is 196 g/mol. The Labute approximate surface area is 89.7 Å². The molecule has 0 saturated carbocycles. The lowest BCUT2D eigenvalue weighted by atomic mass is 10.2. The van der Waals surface area contributed by atoms with Gasteiger partial charge in [-0.3, -0.25) is 20.8 Å². The molecule has 0 aromatic heterocycles. The number of carboxylic acid groups (broad SMARTS) is 1. The molecular formula is C9H21N4O2+. The van der Waals surface area contributed by atoms with Crippen LogP contribution in [0.15, 0.2) is 0 Å². The number of hydrogen-bond donors (Lipinski definition) is 5. The van der Waals surface area contributed by atoms with Gasteiger partial charge in [-0.05, 0) is 19.3 Å². The minimum Gasteiger partial charge on any atom is -0.480 e. The van der Waals surface area contributed by atoms with Crippen LogP contribution in [0.25, 0.3) is 0 Å². The SMILES string of the molecule is CCC[NH+]=C(N)NCCC[C@H](N)C(=O)O. The van der Waals surface area contributed by atoms with Crippen LogP contribution in [0.5, 0.6) is 0 Å². The van der Waals surface area contributed by atoms with E-state index in [1.54, 1.807) is 0 Å². The Balaban J connectivity index is 3.50. The highest BCUT2D eigenvalue weighted by Crippen LogP contribution is 1.92. The summed E-state index contributed by atoms with van der Waals surface area (Å²) in [5.41, 5.74) is 10.9. The van der Waals surface area contributed by atoms with Gasteiger partial charge in [0, 0.05) is 0 Å². The van der Waals surface area contributed by atoms with E-state index in [9.17, 15) is 4.79 Å². The van der Waals surface area contributed by atoms with Crippen molar-refractivity contribution >= 4 is 11.9 Å². The van der Waals surface area contributed by atoms with E-state index >= 15 is 0 Å². The molecule has 0 aromatic carbocycles. The van der Waals surface area contributed by atoms with Crippen molar-refractivity contribution in [3.05, 3.63) is 0 Å². The van der Waals surface area contributed by atoms with Crippen molar-refractivity contribution in [1.82, 2.24) is 5.32 Å². The van der Waals surface area contributed by atoms with Crippen LogP contribution in [0.1, 0.15) is 26.2 Å². The predicted octanol–water partition coefficient (Wildman–Crippen LogP) is -2.43. The molecule has 1 atom stereocenters. The molecule has 0 fully saturated rings. The van der Waals surface area contributed by atoms with Gasteiger partial charge in [-0.1, -0.05) is 6.92 Å². The molecule has 0 saturated heterocycles. The smallest absolute Gasteiger partial charge is 0.341 e. The van der Waals surface area contributed by atoms with Gasteiger partial charge < -0.3 is 10.8 Å². The Morgan fingerprint density at radius 2 is 2.27 bits per heavy atom. The fourth-order valence-electron chi connectivity index (χ4n) is 0.991. The van der Waals surface area contributed by atoms with E-state index in [0.717, 1.165) is 13.0 Å². The topological polar surface area (TPSA) is 115 Å². The maximum atomic E-state index is 10.4. The fraction of sp³-hybridized carbons (Fsp3) is 0.778. The van der Waals surface area contributed by atoms with Crippen LogP contribution in [0.4, 0.5) is 0 Å². The third-order valence-corrected chi connectivity index (χ3v) is 1.89. The Hall–Kier alpha value is -1.30. The second kappa shape index (κ2) is 8.05. The van der Waals surface area contributed by atoms with Crippen LogP contribution in [0.2, 0.25) is 0 Å². The predicted molar refractivity (Wildman–Crippen MR) is 58.2 cm³/mol. The van der Waals surface area contributed by atoms with Crippen molar-refractivity contribution in [2.45, 2.75) is 32.2 Å². The van der Waals surface area contributed by atoms with Crippen LogP contribution in [0, 0.1) is 0 Å². The van der Waals surface area contributed by atoms with E-state index in [-0.39, 0.29) is 0 Å². The molecule has 0 aliphatic heterocycles. The van der Waals surface area contributed by atoms with Gasteiger partial charge in [-0.15, -0.1) is 0 Å². The van der Waals surface area contributed by atoms with Crippen molar-refractivity contribution in [3.63, 3.8) is 0 Å². The summed E-state index contributed by atoms with van der Waals surface area (Å²) in [6.07, 6.45) is 2.14. The van der Waals surface area contributed by atoms with Crippen LogP contribution in [-0.4, -0.2) is 36.2 Å². The van der Waals surface area contributed by atoms with E-state index in [0.29, 0.717) is 25.3 Å².